The number of rotatable bonds is 12. The van der Waals surface area contributed by atoms with Crippen LogP contribution in [0.3, 0.4) is 0 Å². The van der Waals surface area contributed by atoms with E-state index in [0.717, 1.165) is 23.0 Å². The maximum atomic E-state index is 13.4. The smallest absolute Gasteiger partial charge is 0.406 e. The summed E-state index contributed by atoms with van der Waals surface area (Å²) < 4.78 is 41.6. The summed E-state index contributed by atoms with van der Waals surface area (Å²) in [6, 6.07) is 11.7. The summed E-state index contributed by atoms with van der Waals surface area (Å²) in [7, 11) is 0. The molecule has 7 N–H and O–H groups in total. The van der Waals surface area contributed by atoms with Crippen molar-refractivity contribution in [3.63, 3.8) is 0 Å². The number of hydrogen-bond donors (Lipinski definition) is 4. The average molecular weight is 586 g/mol. The van der Waals surface area contributed by atoms with Gasteiger partial charge in [-0.15, -0.1) is 13.2 Å². The third-order valence-electron chi connectivity index (χ3n) is 7.48. The van der Waals surface area contributed by atoms with Crippen LogP contribution in [0, 0.1) is 5.92 Å². The number of amides is 1. The fourth-order valence-electron chi connectivity index (χ4n) is 5.12. The number of nitrogens with one attached hydrogen (secondary N) is 1. The van der Waals surface area contributed by atoms with E-state index in [0.29, 0.717) is 24.0 Å². The summed E-state index contributed by atoms with van der Waals surface area (Å²) in [6.07, 6.45) is -2.17. The maximum absolute atomic E-state index is 13.4. The van der Waals surface area contributed by atoms with Crippen molar-refractivity contribution in [2.45, 2.75) is 69.1 Å². The molecule has 9 nitrogen and oxygen atoms in total. The Morgan fingerprint density at radius 3 is 2.33 bits per heavy atom. The topological polar surface area (TPSA) is 163 Å². The van der Waals surface area contributed by atoms with E-state index in [1.54, 1.807) is 6.20 Å². The van der Waals surface area contributed by atoms with Gasteiger partial charge in [0.2, 0.25) is 5.91 Å². The molecule has 0 aliphatic heterocycles. The molecule has 0 saturated heterocycles. The van der Waals surface area contributed by atoms with E-state index in [1.165, 1.54) is 12.1 Å². The van der Waals surface area contributed by atoms with Gasteiger partial charge in [0.25, 0.3) is 0 Å². The van der Waals surface area contributed by atoms with Crippen LogP contribution >= 0.6 is 0 Å². The minimum atomic E-state index is -4.84. The lowest BCUT2D eigenvalue weighted by Crippen LogP contribution is -2.49. The first-order valence-corrected chi connectivity index (χ1v) is 13.7. The van der Waals surface area contributed by atoms with Crippen molar-refractivity contribution in [2.75, 3.05) is 0 Å². The molecule has 1 aromatic heterocycles. The molecule has 0 radical (unpaired) electrons. The number of aromatic nitrogens is 1. The highest BCUT2D eigenvalue weighted by Crippen LogP contribution is 2.26. The molecule has 1 fully saturated rings. The van der Waals surface area contributed by atoms with Gasteiger partial charge in [-0.25, -0.2) is 0 Å². The number of nitrogens with zero attached hydrogens (tertiary/aromatic N) is 1. The SMILES string of the molecule is N[C@@H](CCC(=O)C1C[C@H](N)[C@@H](N)C1)C(=O)N[C@H](Cc1ccc(OC(F)(F)F)cc1)C(=O)Cc1cnc2ccccc2c1. The monoisotopic (exact) mass is 585 g/mol. The highest BCUT2D eigenvalue weighted by molar-refractivity contribution is 5.93. The minimum Gasteiger partial charge on any atom is -0.406 e. The molecule has 3 aromatic rings. The molecule has 4 atom stereocenters. The molecule has 0 spiro atoms. The molecule has 1 heterocycles. The van der Waals surface area contributed by atoms with E-state index in [9.17, 15) is 27.6 Å². The number of Topliss-reactive ketones (excluding diaryl/α,β-unsaturated/α-hetero) is 2. The Hall–Kier alpha value is -3.87. The molecule has 2 aromatic carbocycles. The Kier molecular flexibility index (Phi) is 9.92. The van der Waals surface area contributed by atoms with E-state index in [1.807, 2.05) is 30.3 Å². The van der Waals surface area contributed by atoms with E-state index < -0.39 is 30.1 Å². The number of hydrogen-bond acceptors (Lipinski definition) is 8. The Labute approximate surface area is 241 Å². The molecule has 1 saturated carbocycles. The van der Waals surface area contributed by atoms with Crippen LogP contribution in [-0.4, -0.2) is 53.0 Å². The molecule has 0 bridgehead atoms. The third-order valence-corrected chi connectivity index (χ3v) is 7.48. The van der Waals surface area contributed by atoms with Crippen LogP contribution in [0.4, 0.5) is 13.2 Å². The molecule has 12 heteroatoms. The normalized spacial score (nSPS) is 18.9. The van der Waals surface area contributed by atoms with Crippen molar-refractivity contribution in [3.8, 4) is 5.75 Å². The first-order valence-electron chi connectivity index (χ1n) is 13.7. The average Bonchev–Trinajstić information content (AvgIpc) is 3.29. The minimum absolute atomic E-state index is 0.00137. The number of halogens is 3. The zero-order chi connectivity index (χ0) is 30.4. The Bertz CT molecular complexity index is 1410. The van der Waals surface area contributed by atoms with Crippen LogP contribution < -0.4 is 27.3 Å². The van der Waals surface area contributed by atoms with Crippen LogP contribution in [-0.2, 0) is 27.2 Å². The number of ketones is 2. The summed E-state index contributed by atoms with van der Waals surface area (Å²) in [5, 5.41) is 3.53. The Morgan fingerprint density at radius 2 is 1.67 bits per heavy atom. The van der Waals surface area contributed by atoms with Crippen LogP contribution in [0.5, 0.6) is 5.75 Å². The van der Waals surface area contributed by atoms with Crippen molar-refractivity contribution < 1.29 is 32.3 Å². The molecule has 4 rings (SSSR count). The largest absolute Gasteiger partial charge is 0.573 e. The zero-order valence-corrected chi connectivity index (χ0v) is 22.8. The van der Waals surface area contributed by atoms with Crippen molar-refractivity contribution in [1.82, 2.24) is 10.3 Å². The quantitative estimate of drug-likeness (QED) is 0.252. The lowest BCUT2D eigenvalue weighted by Gasteiger charge is -2.21. The lowest BCUT2D eigenvalue weighted by atomic mass is 9.95. The first kappa shape index (κ1) is 31.1. The van der Waals surface area contributed by atoms with Gasteiger partial charge >= 0.3 is 6.36 Å². The number of para-hydroxylation sites is 1. The van der Waals surface area contributed by atoms with E-state index in [2.05, 4.69) is 15.0 Å². The maximum Gasteiger partial charge on any atom is 0.573 e. The lowest BCUT2D eigenvalue weighted by molar-refractivity contribution is -0.274. The molecular weight excluding hydrogens is 551 g/mol. The summed E-state index contributed by atoms with van der Waals surface area (Å²) >= 11 is 0. The predicted octanol–water partition coefficient (Wildman–Crippen LogP) is 2.71. The molecule has 224 valence electrons. The Balaban J connectivity index is 1.43. The van der Waals surface area contributed by atoms with Crippen molar-refractivity contribution in [1.29, 1.82) is 0 Å². The molecule has 1 aliphatic carbocycles. The number of benzene rings is 2. The fraction of sp³-hybridized carbons (Fsp3) is 0.400. The van der Waals surface area contributed by atoms with Crippen molar-refractivity contribution >= 4 is 28.4 Å². The number of alkyl halides is 3. The molecule has 1 amide bonds. The molecule has 42 heavy (non-hydrogen) atoms. The van der Waals surface area contributed by atoms with Crippen molar-refractivity contribution in [2.24, 2.45) is 23.1 Å². The van der Waals surface area contributed by atoms with Crippen LogP contribution in [0.2, 0.25) is 0 Å². The van der Waals surface area contributed by atoms with Gasteiger partial charge in [-0.05, 0) is 61.1 Å². The van der Waals surface area contributed by atoms with Gasteiger partial charge < -0.3 is 27.3 Å². The van der Waals surface area contributed by atoms with Gasteiger partial charge in [0.1, 0.15) is 11.5 Å². The summed E-state index contributed by atoms with van der Waals surface area (Å²) in [5.41, 5.74) is 19.8. The highest BCUT2D eigenvalue weighted by atomic mass is 19.4. The Morgan fingerprint density at radius 1 is 1.00 bits per heavy atom. The van der Waals surface area contributed by atoms with Crippen molar-refractivity contribution in [3.05, 3.63) is 71.9 Å². The van der Waals surface area contributed by atoms with E-state index in [-0.39, 0.29) is 55.3 Å². The first-order chi connectivity index (χ1) is 19.9. The van der Waals surface area contributed by atoms with Crippen LogP contribution in [0.25, 0.3) is 10.9 Å². The second-order valence-corrected chi connectivity index (χ2v) is 10.7. The summed E-state index contributed by atoms with van der Waals surface area (Å²) in [4.78, 5) is 43.4. The second-order valence-electron chi connectivity index (χ2n) is 10.7. The molecular formula is C30H34F3N5O4. The standard InChI is InChI=1S/C30H34F3N5O4/c31-30(32,33)42-21-7-5-17(6-8-21)12-26(28(40)13-18-11-19-3-1-2-4-25(19)37-16-18)38-29(41)22(34)9-10-27(39)20-14-23(35)24(36)15-20/h1-8,11,16,20,22-24,26H,9-10,12-15,34-36H2,(H,38,41)/t22-,23-,24-,26+/m0/s1. The second kappa shape index (κ2) is 13.4. The van der Waals surface area contributed by atoms with Crippen LogP contribution in [0.1, 0.15) is 36.8 Å². The zero-order valence-electron chi connectivity index (χ0n) is 22.8. The summed E-state index contributed by atoms with van der Waals surface area (Å²) in [5.74, 6) is -1.68. The predicted molar refractivity (Wildman–Crippen MR) is 150 cm³/mol. The van der Waals surface area contributed by atoms with E-state index in [4.69, 9.17) is 17.2 Å². The van der Waals surface area contributed by atoms with Gasteiger partial charge in [-0.1, -0.05) is 30.3 Å². The van der Waals surface area contributed by atoms with E-state index >= 15 is 0 Å². The highest BCUT2D eigenvalue weighted by Gasteiger charge is 2.34. The van der Waals surface area contributed by atoms with Crippen LogP contribution in [0.15, 0.2) is 60.8 Å². The van der Waals surface area contributed by atoms with Gasteiger partial charge in [0.15, 0.2) is 5.78 Å². The molecule has 1 aliphatic rings. The van der Waals surface area contributed by atoms with Gasteiger partial charge in [0, 0.05) is 42.4 Å². The summed E-state index contributed by atoms with van der Waals surface area (Å²) in [6.45, 7) is 0. The number of pyridine rings is 1. The number of fused-ring (bicyclic) bond motifs is 1. The fourth-order valence-corrected chi connectivity index (χ4v) is 5.12. The van der Waals surface area contributed by atoms with Gasteiger partial charge in [-0.3, -0.25) is 19.4 Å². The number of ether oxygens (including phenoxy) is 1. The van der Waals surface area contributed by atoms with Gasteiger partial charge in [0.05, 0.1) is 17.6 Å². The number of carbonyl (C=O) groups excluding carboxylic acids is 3. The van der Waals surface area contributed by atoms with Gasteiger partial charge in [-0.2, -0.15) is 0 Å². The third kappa shape index (κ3) is 8.57. The number of carbonyl (C=O) groups is 3. The number of nitrogens with two attached hydrogens (primary N) is 3. The molecule has 0 unspecified atom stereocenters.